The van der Waals surface area contributed by atoms with Gasteiger partial charge in [-0.05, 0) is 12.5 Å². The molecule has 0 saturated carbocycles. The van der Waals surface area contributed by atoms with E-state index in [2.05, 4.69) is 6.92 Å². The number of carbonyl (C=O) groups is 1. The van der Waals surface area contributed by atoms with Crippen molar-refractivity contribution in [1.29, 1.82) is 0 Å². The molecule has 0 aromatic carbocycles. The summed E-state index contributed by atoms with van der Waals surface area (Å²) in [5, 5.41) is 9.69. The summed E-state index contributed by atoms with van der Waals surface area (Å²) in [4.78, 5) is 10.8. The number of esters is 1. The quantitative estimate of drug-likeness (QED) is 0.520. The van der Waals surface area contributed by atoms with Crippen LogP contribution in [0.4, 0.5) is 0 Å². The number of aliphatic hydroxyl groups is 1. The molecule has 0 aliphatic carbocycles. The second-order valence-corrected chi connectivity index (χ2v) is 4.03. The van der Waals surface area contributed by atoms with E-state index in [1.165, 1.54) is 25.3 Å². The summed E-state index contributed by atoms with van der Waals surface area (Å²) >= 11 is 0. The third-order valence-corrected chi connectivity index (χ3v) is 2.66. The van der Waals surface area contributed by atoms with E-state index in [-0.39, 0.29) is 5.97 Å². The van der Waals surface area contributed by atoms with Crippen molar-refractivity contribution in [3.8, 4) is 0 Å². The third-order valence-electron chi connectivity index (χ3n) is 2.66. The summed E-state index contributed by atoms with van der Waals surface area (Å²) in [6.07, 6.45) is 8.65. The summed E-state index contributed by atoms with van der Waals surface area (Å²) in [5.41, 5.74) is 0. The van der Waals surface area contributed by atoms with Crippen molar-refractivity contribution in [3.63, 3.8) is 0 Å². The topological polar surface area (TPSA) is 46.5 Å². The van der Waals surface area contributed by atoms with E-state index in [9.17, 15) is 9.90 Å². The number of aliphatic hydroxyl groups excluding tert-OH is 1. The predicted octanol–water partition coefficient (Wildman–Crippen LogP) is 2.19. The molecule has 0 fully saturated rings. The Balaban J connectivity index is 2.06. The van der Waals surface area contributed by atoms with Crippen LogP contribution in [0.1, 0.15) is 45.4 Å². The van der Waals surface area contributed by atoms with Crippen molar-refractivity contribution in [2.45, 2.75) is 57.7 Å². The van der Waals surface area contributed by atoms with Gasteiger partial charge in [0.25, 0.3) is 0 Å². The number of rotatable bonds is 7. The fourth-order valence-corrected chi connectivity index (χ4v) is 1.71. The first kappa shape index (κ1) is 12.2. The van der Waals surface area contributed by atoms with E-state index in [1.54, 1.807) is 6.08 Å². The predicted molar refractivity (Wildman–Crippen MR) is 58.4 cm³/mol. The fraction of sp³-hybridized carbons (Fsp3) is 0.750. The maximum atomic E-state index is 10.8. The van der Waals surface area contributed by atoms with Gasteiger partial charge in [-0.25, -0.2) is 4.79 Å². The molecule has 1 aliphatic heterocycles. The highest BCUT2D eigenvalue weighted by atomic mass is 16.6. The number of hydrogen-bond donors (Lipinski definition) is 1. The van der Waals surface area contributed by atoms with Gasteiger partial charge in [0.2, 0.25) is 0 Å². The first-order valence-corrected chi connectivity index (χ1v) is 5.81. The third kappa shape index (κ3) is 4.47. The molecule has 0 spiro atoms. The standard InChI is InChI=1S/C12H20O3/c1-2-3-4-5-6-7-10(13)11-8-9-12(14)15-11/h8-11,13H,2-7H2,1H3. The first-order valence-electron chi connectivity index (χ1n) is 5.81. The Bertz CT molecular complexity index is 223. The van der Waals surface area contributed by atoms with E-state index in [0.29, 0.717) is 6.42 Å². The van der Waals surface area contributed by atoms with Crippen LogP contribution in [-0.4, -0.2) is 23.3 Å². The van der Waals surface area contributed by atoms with Crippen molar-refractivity contribution in [1.82, 2.24) is 0 Å². The number of unbranched alkanes of at least 4 members (excludes halogenated alkanes) is 4. The minimum Gasteiger partial charge on any atom is -0.452 e. The van der Waals surface area contributed by atoms with Crippen LogP contribution in [-0.2, 0) is 9.53 Å². The normalized spacial score (nSPS) is 21.7. The van der Waals surface area contributed by atoms with Crippen molar-refractivity contribution in [3.05, 3.63) is 12.2 Å². The van der Waals surface area contributed by atoms with Gasteiger partial charge in [0.05, 0.1) is 6.10 Å². The number of cyclic esters (lactones) is 1. The van der Waals surface area contributed by atoms with E-state index in [0.717, 1.165) is 12.8 Å². The average molecular weight is 212 g/mol. The smallest absolute Gasteiger partial charge is 0.331 e. The van der Waals surface area contributed by atoms with Gasteiger partial charge in [-0.15, -0.1) is 0 Å². The Labute approximate surface area is 91.1 Å². The van der Waals surface area contributed by atoms with Gasteiger partial charge in [0.1, 0.15) is 6.10 Å². The van der Waals surface area contributed by atoms with Crippen molar-refractivity contribution in [2.24, 2.45) is 0 Å². The molecular weight excluding hydrogens is 192 g/mol. The van der Waals surface area contributed by atoms with Crippen LogP contribution in [0.15, 0.2) is 12.2 Å². The molecule has 2 atom stereocenters. The van der Waals surface area contributed by atoms with Gasteiger partial charge in [-0.3, -0.25) is 0 Å². The highest BCUT2D eigenvalue weighted by molar-refractivity contribution is 5.84. The lowest BCUT2D eigenvalue weighted by Crippen LogP contribution is -2.25. The maximum Gasteiger partial charge on any atom is 0.331 e. The molecule has 3 heteroatoms. The molecule has 1 heterocycles. The van der Waals surface area contributed by atoms with Crippen LogP contribution in [0.3, 0.4) is 0 Å². The summed E-state index contributed by atoms with van der Waals surface area (Å²) in [6.45, 7) is 2.18. The Kier molecular flexibility index (Phi) is 5.40. The van der Waals surface area contributed by atoms with Gasteiger partial charge in [0.15, 0.2) is 0 Å². The number of ether oxygens (including phenoxy) is 1. The molecule has 1 aliphatic rings. The molecule has 0 saturated heterocycles. The van der Waals surface area contributed by atoms with Crippen molar-refractivity contribution >= 4 is 5.97 Å². The lowest BCUT2D eigenvalue weighted by Gasteiger charge is -2.15. The molecular formula is C12H20O3. The van der Waals surface area contributed by atoms with Gasteiger partial charge in [0, 0.05) is 6.08 Å². The van der Waals surface area contributed by atoms with E-state index in [4.69, 9.17) is 4.74 Å². The summed E-state index contributed by atoms with van der Waals surface area (Å²) in [5.74, 6) is -0.343. The lowest BCUT2D eigenvalue weighted by atomic mass is 10.0. The minimum atomic E-state index is -0.533. The Hall–Kier alpha value is -0.830. The van der Waals surface area contributed by atoms with Crippen LogP contribution in [0.5, 0.6) is 0 Å². The van der Waals surface area contributed by atoms with Crippen molar-refractivity contribution in [2.75, 3.05) is 0 Å². The molecule has 2 unspecified atom stereocenters. The van der Waals surface area contributed by atoms with Crippen LogP contribution in [0.25, 0.3) is 0 Å². The SMILES string of the molecule is CCCCCCCC(O)C1C=CC(=O)O1. The molecule has 0 aromatic rings. The largest absolute Gasteiger partial charge is 0.452 e. The Morgan fingerprint density at radius 2 is 2.13 bits per heavy atom. The monoisotopic (exact) mass is 212 g/mol. The Morgan fingerprint density at radius 3 is 2.73 bits per heavy atom. The molecule has 0 aromatic heterocycles. The van der Waals surface area contributed by atoms with Crippen LogP contribution in [0.2, 0.25) is 0 Å². The highest BCUT2D eigenvalue weighted by Crippen LogP contribution is 2.15. The molecule has 3 nitrogen and oxygen atoms in total. The van der Waals surface area contributed by atoms with Gasteiger partial charge in [-0.1, -0.05) is 39.0 Å². The molecule has 1 rings (SSSR count). The van der Waals surface area contributed by atoms with E-state index < -0.39 is 12.2 Å². The van der Waals surface area contributed by atoms with Crippen LogP contribution >= 0.6 is 0 Å². The Morgan fingerprint density at radius 1 is 1.40 bits per heavy atom. The molecule has 0 amide bonds. The van der Waals surface area contributed by atoms with Gasteiger partial charge < -0.3 is 9.84 Å². The molecule has 0 bridgehead atoms. The van der Waals surface area contributed by atoms with Crippen molar-refractivity contribution < 1.29 is 14.6 Å². The zero-order chi connectivity index (χ0) is 11.1. The van der Waals surface area contributed by atoms with Crippen LogP contribution < -0.4 is 0 Å². The van der Waals surface area contributed by atoms with Gasteiger partial charge in [-0.2, -0.15) is 0 Å². The zero-order valence-electron chi connectivity index (χ0n) is 9.32. The number of hydrogen-bond acceptors (Lipinski definition) is 3. The number of carbonyl (C=O) groups excluding carboxylic acids is 1. The van der Waals surface area contributed by atoms with Crippen LogP contribution in [0, 0.1) is 0 Å². The molecule has 86 valence electrons. The zero-order valence-corrected chi connectivity index (χ0v) is 9.32. The maximum absolute atomic E-state index is 10.8. The molecule has 1 N–H and O–H groups in total. The van der Waals surface area contributed by atoms with E-state index in [1.807, 2.05) is 0 Å². The summed E-state index contributed by atoms with van der Waals surface area (Å²) in [7, 11) is 0. The van der Waals surface area contributed by atoms with Gasteiger partial charge >= 0.3 is 5.97 Å². The second kappa shape index (κ2) is 6.62. The first-order chi connectivity index (χ1) is 7.24. The molecule has 0 radical (unpaired) electrons. The lowest BCUT2D eigenvalue weighted by molar-refractivity contribution is -0.142. The summed E-state index contributed by atoms with van der Waals surface area (Å²) in [6, 6.07) is 0. The minimum absolute atomic E-state index is 0.343. The fourth-order valence-electron chi connectivity index (χ4n) is 1.71. The highest BCUT2D eigenvalue weighted by Gasteiger charge is 2.23. The average Bonchev–Trinajstić information content (AvgIpc) is 2.64. The summed E-state index contributed by atoms with van der Waals surface area (Å²) < 4.78 is 4.90. The molecule has 15 heavy (non-hydrogen) atoms. The second-order valence-electron chi connectivity index (χ2n) is 4.03. The van der Waals surface area contributed by atoms with E-state index >= 15 is 0 Å².